The molecule has 4 heteroatoms. The summed E-state index contributed by atoms with van der Waals surface area (Å²) in [7, 11) is 3.46. The van der Waals surface area contributed by atoms with E-state index in [1.54, 1.807) is 14.1 Å². The molecule has 0 heterocycles. The van der Waals surface area contributed by atoms with E-state index < -0.39 is 0 Å². The molecule has 16 heavy (non-hydrogen) atoms. The second-order valence-electron chi connectivity index (χ2n) is 3.79. The van der Waals surface area contributed by atoms with Crippen LogP contribution in [0.4, 0.5) is 4.79 Å². The van der Waals surface area contributed by atoms with Crippen LogP contribution in [0.1, 0.15) is 5.56 Å². The van der Waals surface area contributed by atoms with Gasteiger partial charge in [0.05, 0.1) is 0 Å². The van der Waals surface area contributed by atoms with Gasteiger partial charge in [-0.2, -0.15) is 0 Å². The molecule has 0 radical (unpaired) electrons. The highest BCUT2D eigenvalue weighted by Gasteiger charge is 2.00. The summed E-state index contributed by atoms with van der Waals surface area (Å²) in [6.45, 7) is 2.25. The number of urea groups is 1. The first kappa shape index (κ1) is 12.5. The topological polar surface area (TPSA) is 44.4 Å². The summed E-state index contributed by atoms with van der Waals surface area (Å²) >= 11 is 0. The summed E-state index contributed by atoms with van der Waals surface area (Å²) in [5.74, 6) is 0. The van der Waals surface area contributed by atoms with Crippen LogP contribution in [0.15, 0.2) is 30.3 Å². The lowest BCUT2D eigenvalue weighted by molar-refractivity contribution is 0.217. The maximum Gasteiger partial charge on any atom is 0.316 e. The zero-order valence-corrected chi connectivity index (χ0v) is 9.86. The van der Waals surface area contributed by atoms with Gasteiger partial charge >= 0.3 is 6.03 Å². The first-order valence-electron chi connectivity index (χ1n) is 5.40. The number of rotatable bonds is 5. The lowest BCUT2D eigenvalue weighted by Crippen LogP contribution is -2.38. The van der Waals surface area contributed by atoms with Crippen LogP contribution in [-0.4, -0.2) is 38.1 Å². The highest BCUT2D eigenvalue weighted by molar-refractivity contribution is 5.73. The molecular weight excluding hydrogens is 202 g/mol. The Hall–Kier alpha value is -1.55. The number of nitrogens with zero attached hydrogens (tertiary/aromatic N) is 1. The Morgan fingerprint density at radius 2 is 1.88 bits per heavy atom. The van der Waals surface area contributed by atoms with Gasteiger partial charge in [0.25, 0.3) is 0 Å². The van der Waals surface area contributed by atoms with Gasteiger partial charge < -0.3 is 15.5 Å². The molecule has 0 aliphatic carbocycles. The smallest absolute Gasteiger partial charge is 0.316 e. The van der Waals surface area contributed by atoms with Crippen LogP contribution in [0.25, 0.3) is 0 Å². The molecule has 0 saturated carbocycles. The van der Waals surface area contributed by atoms with Gasteiger partial charge in [-0.25, -0.2) is 4.79 Å². The number of amides is 2. The van der Waals surface area contributed by atoms with Crippen molar-refractivity contribution < 1.29 is 4.79 Å². The van der Waals surface area contributed by atoms with E-state index in [2.05, 4.69) is 22.8 Å². The van der Waals surface area contributed by atoms with E-state index in [4.69, 9.17) is 0 Å². The summed E-state index contributed by atoms with van der Waals surface area (Å²) in [5.41, 5.74) is 1.25. The lowest BCUT2D eigenvalue weighted by Gasteiger charge is -2.12. The Balaban J connectivity index is 2.07. The van der Waals surface area contributed by atoms with Crippen molar-refractivity contribution in [2.24, 2.45) is 0 Å². The van der Waals surface area contributed by atoms with Gasteiger partial charge in [0.1, 0.15) is 0 Å². The van der Waals surface area contributed by atoms with Gasteiger partial charge in [-0.05, 0) is 5.56 Å². The zero-order chi connectivity index (χ0) is 11.8. The van der Waals surface area contributed by atoms with Crippen molar-refractivity contribution in [2.75, 3.05) is 27.2 Å². The minimum atomic E-state index is -0.0542. The van der Waals surface area contributed by atoms with E-state index in [-0.39, 0.29) is 6.03 Å². The lowest BCUT2D eigenvalue weighted by atomic mass is 10.2. The average molecular weight is 221 g/mol. The van der Waals surface area contributed by atoms with E-state index in [1.807, 2.05) is 18.2 Å². The van der Waals surface area contributed by atoms with E-state index in [1.165, 1.54) is 10.5 Å². The van der Waals surface area contributed by atoms with Crippen molar-refractivity contribution in [2.45, 2.75) is 6.54 Å². The van der Waals surface area contributed by atoms with Gasteiger partial charge in [0.15, 0.2) is 0 Å². The Bertz CT molecular complexity index is 311. The molecule has 0 aliphatic heterocycles. The summed E-state index contributed by atoms with van der Waals surface area (Å²) in [6.07, 6.45) is 0. The van der Waals surface area contributed by atoms with E-state index in [9.17, 15) is 4.79 Å². The molecule has 4 nitrogen and oxygen atoms in total. The highest BCUT2D eigenvalue weighted by Crippen LogP contribution is 1.96. The molecule has 1 aromatic carbocycles. The van der Waals surface area contributed by atoms with Crippen LogP contribution in [0.3, 0.4) is 0 Å². The maximum absolute atomic E-state index is 11.2. The molecule has 0 bridgehead atoms. The fraction of sp³-hybridized carbons (Fsp3) is 0.417. The second-order valence-corrected chi connectivity index (χ2v) is 3.79. The van der Waals surface area contributed by atoms with Crippen LogP contribution in [0.5, 0.6) is 0 Å². The Kier molecular flexibility index (Phi) is 5.36. The number of nitrogens with one attached hydrogen (secondary N) is 2. The highest BCUT2D eigenvalue weighted by atomic mass is 16.2. The fourth-order valence-electron chi connectivity index (χ4n) is 1.24. The molecule has 0 aliphatic rings. The van der Waals surface area contributed by atoms with Crippen LogP contribution in [0, 0.1) is 0 Å². The van der Waals surface area contributed by atoms with Gasteiger partial charge in [-0.3, -0.25) is 0 Å². The van der Waals surface area contributed by atoms with E-state index in [0.29, 0.717) is 6.54 Å². The van der Waals surface area contributed by atoms with Crippen LogP contribution in [-0.2, 0) is 6.54 Å². The number of carbonyl (C=O) groups is 1. The molecule has 2 amide bonds. The first-order valence-corrected chi connectivity index (χ1v) is 5.40. The molecule has 0 aromatic heterocycles. The third kappa shape index (κ3) is 4.79. The molecule has 0 atom stereocenters. The van der Waals surface area contributed by atoms with Crippen LogP contribution < -0.4 is 10.6 Å². The molecular formula is C12H19N3O. The van der Waals surface area contributed by atoms with Crippen molar-refractivity contribution in [3.8, 4) is 0 Å². The Labute approximate surface area is 96.6 Å². The Morgan fingerprint density at radius 3 is 2.50 bits per heavy atom. The number of hydrogen-bond donors (Lipinski definition) is 2. The first-order chi connectivity index (χ1) is 7.70. The van der Waals surface area contributed by atoms with Crippen molar-refractivity contribution in [3.05, 3.63) is 35.9 Å². The van der Waals surface area contributed by atoms with E-state index >= 15 is 0 Å². The predicted molar refractivity (Wildman–Crippen MR) is 65.2 cm³/mol. The third-order valence-electron chi connectivity index (χ3n) is 2.16. The summed E-state index contributed by atoms with van der Waals surface area (Å²) in [6, 6.07) is 10.1. The minimum absolute atomic E-state index is 0.0542. The fourth-order valence-corrected chi connectivity index (χ4v) is 1.24. The van der Waals surface area contributed by atoms with Crippen molar-refractivity contribution >= 4 is 6.03 Å². The summed E-state index contributed by atoms with van der Waals surface area (Å²) < 4.78 is 0. The summed E-state index contributed by atoms with van der Waals surface area (Å²) in [4.78, 5) is 12.7. The van der Waals surface area contributed by atoms with Crippen molar-refractivity contribution in [3.63, 3.8) is 0 Å². The number of hydrogen-bond acceptors (Lipinski definition) is 2. The normalized spacial score (nSPS) is 9.88. The molecule has 1 rings (SSSR count). The van der Waals surface area contributed by atoms with Gasteiger partial charge in [-0.1, -0.05) is 30.3 Å². The van der Waals surface area contributed by atoms with Crippen molar-refractivity contribution in [1.82, 2.24) is 15.5 Å². The molecule has 0 fully saturated rings. The maximum atomic E-state index is 11.2. The van der Waals surface area contributed by atoms with Gasteiger partial charge in [-0.15, -0.1) is 0 Å². The number of benzene rings is 1. The van der Waals surface area contributed by atoms with Gasteiger partial charge in [0, 0.05) is 33.7 Å². The molecule has 0 spiro atoms. The molecule has 1 aromatic rings. The van der Waals surface area contributed by atoms with Crippen LogP contribution in [0.2, 0.25) is 0 Å². The minimum Gasteiger partial charge on any atom is -0.337 e. The Morgan fingerprint density at radius 1 is 1.19 bits per heavy atom. The SMILES string of the molecule is CN(C)C(=O)NCCNCc1ccccc1. The molecule has 0 unspecified atom stereocenters. The third-order valence-corrected chi connectivity index (χ3v) is 2.16. The van der Waals surface area contributed by atoms with E-state index in [0.717, 1.165) is 13.1 Å². The quantitative estimate of drug-likeness (QED) is 0.730. The summed E-state index contributed by atoms with van der Waals surface area (Å²) in [5, 5.41) is 6.06. The monoisotopic (exact) mass is 221 g/mol. The molecule has 2 N–H and O–H groups in total. The predicted octanol–water partition coefficient (Wildman–Crippen LogP) is 1.05. The van der Waals surface area contributed by atoms with Gasteiger partial charge in [0.2, 0.25) is 0 Å². The van der Waals surface area contributed by atoms with Crippen LogP contribution >= 0.6 is 0 Å². The standard InChI is InChI=1S/C12H19N3O/c1-15(2)12(16)14-9-8-13-10-11-6-4-3-5-7-11/h3-7,13H,8-10H2,1-2H3,(H,14,16). The molecule has 0 saturated heterocycles. The largest absolute Gasteiger partial charge is 0.337 e. The molecule has 88 valence electrons. The number of carbonyl (C=O) groups excluding carboxylic acids is 1. The zero-order valence-electron chi connectivity index (χ0n) is 9.86. The second kappa shape index (κ2) is 6.85. The van der Waals surface area contributed by atoms with Crippen molar-refractivity contribution in [1.29, 1.82) is 0 Å². The average Bonchev–Trinajstić information content (AvgIpc) is 2.29.